The zero-order chi connectivity index (χ0) is 11.4. The van der Waals surface area contributed by atoms with Gasteiger partial charge in [-0.1, -0.05) is 30.2 Å². The lowest BCUT2D eigenvalue weighted by molar-refractivity contribution is 0.306. The number of benzene rings is 1. The lowest BCUT2D eigenvalue weighted by Gasteiger charge is -2.39. The predicted octanol–water partition coefficient (Wildman–Crippen LogP) is 1.40. The SMILES string of the molecule is C#CCNC1(CN)CCCc2ccccc21. The van der Waals surface area contributed by atoms with Gasteiger partial charge >= 0.3 is 0 Å². The van der Waals surface area contributed by atoms with Crippen LogP contribution in [-0.2, 0) is 12.0 Å². The summed E-state index contributed by atoms with van der Waals surface area (Å²) in [6.45, 7) is 1.18. The Bertz CT molecular complexity index is 405. The monoisotopic (exact) mass is 214 g/mol. The molecule has 84 valence electrons. The molecule has 1 aliphatic carbocycles. The van der Waals surface area contributed by atoms with E-state index in [2.05, 4.69) is 35.5 Å². The molecule has 0 saturated carbocycles. The van der Waals surface area contributed by atoms with E-state index in [4.69, 9.17) is 12.2 Å². The van der Waals surface area contributed by atoms with E-state index in [-0.39, 0.29) is 5.54 Å². The predicted molar refractivity (Wildman–Crippen MR) is 66.9 cm³/mol. The van der Waals surface area contributed by atoms with Crippen molar-refractivity contribution in [3.05, 3.63) is 35.4 Å². The summed E-state index contributed by atoms with van der Waals surface area (Å²) in [7, 11) is 0. The van der Waals surface area contributed by atoms with Gasteiger partial charge in [0.15, 0.2) is 0 Å². The summed E-state index contributed by atoms with van der Waals surface area (Å²) in [4.78, 5) is 0. The van der Waals surface area contributed by atoms with Crippen molar-refractivity contribution in [2.45, 2.75) is 24.8 Å². The van der Waals surface area contributed by atoms with Crippen LogP contribution in [0.3, 0.4) is 0 Å². The fraction of sp³-hybridized carbons (Fsp3) is 0.429. The van der Waals surface area contributed by atoms with Crippen molar-refractivity contribution in [1.29, 1.82) is 0 Å². The second kappa shape index (κ2) is 4.69. The molecule has 0 heterocycles. The van der Waals surface area contributed by atoms with Crippen LogP contribution in [0.2, 0.25) is 0 Å². The molecule has 1 aromatic rings. The molecular weight excluding hydrogens is 196 g/mol. The number of fused-ring (bicyclic) bond motifs is 1. The minimum Gasteiger partial charge on any atom is -0.328 e. The number of hydrogen-bond donors (Lipinski definition) is 2. The third-order valence-corrected chi connectivity index (χ3v) is 3.46. The summed E-state index contributed by atoms with van der Waals surface area (Å²) >= 11 is 0. The summed E-state index contributed by atoms with van der Waals surface area (Å²) in [5, 5.41) is 3.43. The van der Waals surface area contributed by atoms with Gasteiger partial charge < -0.3 is 5.73 Å². The van der Waals surface area contributed by atoms with E-state index >= 15 is 0 Å². The number of aryl methyl sites for hydroxylation is 1. The Labute approximate surface area is 97.2 Å². The maximum Gasteiger partial charge on any atom is 0.0581 e. The van der Waals surface area contributed by atoms with Gasteiger partial charge in [0.25, 0.3) is 0 Å². The standard InChI is InChI=1S/C14H18N2/c1-2-10-16-14(11-15)9-5-7-12-6-3-4-8-13(12)14/h1,3-4,6,8,16H,5,7,9-11,15H2. The Morgan fingerprint density at radius 3 is 3.00 bits per heavy atom. The highest BCUT2D eigenvalue weighted by molar-refractivity contribution is 5.36. The van der Waals surface area contributed by atoms with E-state index in [1.165, 1.54) is 17.5 Å². The van der Waals surface area contributed by atoms with Crippen LogP contribution in [0, 0.1) is 12.3 Å². The van der Waals surface area contributed by atoms with E-state index in [1.54, 1.807) is 0 Å². The van der Waals surface area contributed by atoms with Crippen molar-refractivity contribution in [2.75, 3.05) is 13.1 Å². The van der Waals surface area contributed by atoms with Gasteiger partial charge in [-0.3, -0.25) is 5.32 Å². The molecule has 0 aliphatic heterocycles. The zero-order valence-corrected chi connectivity index (χ0v) is 9.50. The molecule has 0 bridgehead atoms. The van der Waals surface area contributed by atoms with Crippen molar-refractivity contribution in [3.63, 3.8) is 0 Å². The fourth-order valence-corrected chi connectivity index (χ4v) is 2.61. The molecule has 1 aromatic carbocycles. The number of nitrogens with one attached hydrogen (secondary N) is 1. The molecule has 0 amide bonds. The molecule has 2 rings (SSSR count). The molecule has 1 atom stereocenters. The van der Waals surface area contributed by atoms with Gasteiger partial charge in [0, 0.05) is 6.54 Å². The molecule has 1 unspecified atom stereocenters. The average Bonchev–Trinajstić information content (AvgIpc) is 2.36. The van der Waals surface area contributed by atoms with Crippen molar-refractivity contribution in [3.8, 4) is 12.3 Å². The first-order chi connectivity index (χ1) is 7.82. The Balaban J connectivity index is 2.37. The Hall–Kier alpha value is -1.30. The van der Waals surface area contributed by atoms with Gasteiger partial charge in [-0.25, -0.2) is 0 Å². The largest absolute Gasteiger partial charge is 0.328 e. The summed E-state index contributed by atoms with van der Waals surface area (Å²) in [5.74, 6) is 2.64. The summed E-state index contributed by atoms with van der Waals surface area (Å²) in [5.41, 5.74) is 8.59. The molecule has 2 heteroatoms. The molecule has 0 spiro atoms. The normalized spacial score (nSPS) is 23.5. The van der Waals surface area contributed by atoms with Crippen LogP contribution in [0.4, 0.5) is 0 Å². The quantitative estimate of drug-likeness (QED) is 0.746. The molecule has 2 nitrogen and oxygen atoms in total. The topological polar surface area (TPSA) is 38.0 Å². The third-order valence-electron chi connectivity index (χ3n) is 3.46. The summed E-state index contributed by atoms with van der Waals surface area (Å²) in [6.07, 6.45) is 8.72. The highest BCUT2D eigenvalue weighted by Gasteiger charge is 2.34. The van der Waals surface area contributed by atoms with Crippen LogP contribution < -0.4 is 11.1 Å². The molecular formula is C14H18N2. The van der Waals surface area contributed by atoms with Crippen molar-refractivity contribution in [1.82, 2.24) is 5.32 Å². The second-order valence-corrected chi connectivity index (χ2v) is 4.35. The third kappa shape index (κ3) is 1.84. The van der Waals surface area contributed by atoms with E-state index in [9.17, 15) is 0 Å². The van der Waals surface area contributed by atoms with Crippen LogP contribution >= 0.6 is 0 Å². The van der Waals surface area contributed by atoms with Crippen LogP contribution in [0.25, 0.3) is 0 Å². The first-order valence-electron chi connectivity index (χ1n) is 5.79. The Morgan fingerprint density at radius 1 is 1.44 bits per heavy atom. The van der Waals surface area contributed by atoms with Crippen molar-refractivity contribution in [2.24, 2.45) is 5.73 Å². The average molecular weight is 214 g/mol. The lowest BCUT2D eigenvalue weighted by Crippen LogP contribution is -2.50. The van der Waals surface area contributed by atoms with E-state index in [0.29, 0.717) is 13.1 Å². The first kappa shape index (κ1) is 11.2. The van der Waals surface area contributed by atoms with Crippen LogP contribution in [-0.4, -0.2) is 13.1 Å². The van der Waals surface area contributed by atoms with Crippen molar-refractivity contribution < 1.29 is 0 Å². The van der Waals surface area contributed by atoms with E-state index in [1.807, 2.05) is 0 Å². The van der Waals surface area contributed by atoms with Crippen molar-refractivity contribution >= 4 is 0 Å². The second-order valence-electron chi connectivity index (χ2n) is 4.35. The zero-order valence-electron chi connectivity index (χ0n) is 9.50. The lowest BCUT2D eigenvalue weighted by atomic mass is 9.76. The Morgan fingerprint density at radius 2 is 2.25 bits per heavy atom. The molecule has 0 aromatic heterocycles. The van der Waals surface area contributed by atoms with Crippen LogP contribution in [0.15, 0.2) is 24.3 Å². The number of rotatable bonds is 3. The molecule has 3 N–H and O–H groups in total. The highest BCUT2D eigenvalue weighted by atomic mass is 15.0. The van der Waals surface area contributed by atoms with Gasteiger partial charge in [0.05, 0.1) is 12.1 Å². The number of nitrogens with two attached hydrogens (primary N) is 1. The Kier molecular flexibility index (Phi) is 3.28. The maximum atomic E-state index is 5.96. The van der Waals surface area contributed by atoms with E-state index < -0.39 is 0 Å². The van der Waals surface area contributed by atoms with Gasteiger partial charge in [-0.05, 0) is 30.4 Å². The van der Waals surface area contributed by atoms with Crippen LogP contribution in [0.5, 0.6) is 0 Å². The smallest absolute Gasteiger partial charge is 0.0581 e. The minimum atomic E-state index is -0.110. The summed E-state index contributed by atoms with van der Waals surface area (Å²) < 4.78 is 0. The van der Waals surface area contributed by atoms with Gasteiger partial charge in [-0.15, -0.1) is 6.42 Å². The fourth-order valence-electron chi connectivity index (χ4n) is 2.61. The number of terminal acetylenes is 1. The molecule has 1 aliphatic rings. The summed E-state index contributed by atoms with van der Waals surface area (Å²) in [6, 6.07) is 8.53. The minimum absolute atomic E-state index is 0.110. The first-order valence-corrected chi connectivity index (χ1v) is 5.79. The van der Waals surface area contributed by atoms with E-state index in [0.717, 1.165) is 12.8 Å². The van der Waals surface area contributed by atoms with Crippen LogP contribution in [0.1, 0.15) is 24.0 Å². The number of hydrogen-bond acceptors (Lipinski definition) is 2. The molecule has 0 saturated heterocycles. The highest BCUT2D eigenvalue weighted by Crippen LogP contribution is 2.34. The maximum absolute atomic E-state index is 5.96. The van der Waals surface area contributed by atoms with Gasteiger partial charge in [-0.2, -0.15) is 0 Å². The van der Waals surface area contributed by atoms with Gasteiger partial charge in [0.2, 0.25) is 0 Å². The molecule has 0 radical (unpaired) electrons. The molecule has 0 fully saturated rings. The molecule has 16 heavy (non-hydrogen) atoms. The van der Waals surface area contributed by atoms with Gasteiger partial charge in [0.1, 0.15) is 0 Å².